The third-order valence-corrected chi connectivity index (χ3v) is 5.55. The molecule has 0 spiro atoms. The van der Waals surface area contributed by atoms with Crippen LogP contribution in [-0.2, 0) is 28.7 Å². The maximum absolute atomic E-state index is 12.9. The number of esters is 2. The summed E-state index contributed by atoms with van der Waals surface area (Å²) < 4.78 is 48.5. The van der Waals surface area contributed by atoms with Crippen LogP contribution in [0.3, 0.4) is 0 Å². The highest BCUT2D eigenvalue weighted by Gasteiger charge is 2.39. The predicted molar refractivity (Wildman–Crippen MR) is 119 cm³/mol. The van der Waals surface area contributed by atoms with Gasteiger partial charge in [0.15, 0.2) is 5.71 Å². The molecule has 1 heterocycles. The SMILES string of the molecule is CCC(C)(C)C(=O)O/N=C(\c1ccccc1)C(F)(F)F.CCC(C)(C)C(=O)OC1CCOC1=O. The molecule has 1 aliphatic rings. The minimum absolute atomic E-state index is 0.151. The van der Waals surface area contributed by atoms with Crippen LogP contribution >= 0.6 is 0 Å². The zero-order valence-electron chi connectivity index (χ0n) is 20.3. The number of carbonyl (C=O) groups excluding carboxylic acids is 3. The Hall–Kier alpha value is -2.91. The Bertz CT molecular complexity index is 878. The average Bonchev–Trinajstić information content (AvgIpc) is 3.18. The lowest BCUT2D eigenvalue weighted by atomic mass is 9.90. The van der Waals surface area contributed by atoms with Crippen molar-refractivity contribution in [2.45, 2.75) is 73.1 Å². The number of ether oxygens (including phenoxy) is 2. The fraction of sp³-hybridized carbons (Fsp3) is 0.583. The van der Waals surface area contributed by atoms with Crippen molar-refractivity contribution < 1.29 is 41.9 Å². The van der Waals surface area contributed by atoms with Crippen LogP contribution in [0.15, 0.2) is 35.5 Å². The van der Waals surface area contributed by atoms with Gasteiger partial charge in [-0.15, -0.1) is 0 Å². The number of carbonyl (C=O) groups is 3. The molecule has 1 aliphatic heterocycles. The van der Waals surface area contributed by atoms with Gasteiger partial charge in [-0.1, -0.05) is 49.3 Å². The molecule has 7 nitrogen and oxygen atoms in total. The van der Waals surface area contributed by atoms with Gasteiger partial charge in [-0.05, 0) is 40.5 Å². The minimum Gasteiger partial charge on any atom is -0.463 e. The van der Waals surface area contributed by atoms with E-state index in [1.165, 1.54) is 24.3 Å². The second kappa shape index (κ2) is 12.0. The van der Waals surface area contributed by atoms with Gasteiger partial charge in [-0.25, -0.2) is 9.59 Å². The molecule has 2 rings (SSSR count). The van der Waals surface area contributed by atoms with Crippen molar-refractivity contribution in [3.63, 3.8) is 0 Å². The number of alkyl halides is 3. The molecule has 1 fully saturated rings. The summed E-state index contributed by atoms with van der Waals surface area (Å²) in [5, 5.41) is 3.02. The first-order chi connectivity index (χ1) is 15.7. The molecule has 0 N–H and O–H groups in total. The van der Waals surface area contributed by atoms with E-state index in [1.54, 1.807) is 40.7 Å². The van der Waals surface area contributed by atoms with Crippen LogP contribution in [0.1, 0.15) is 66.4 Å². The number of benzene rings is 1. The van der Waals surface area contributed by atoms with Crippen molar-refractivity contribution in [3.05, 3.63) is 35.9 Å². The van der Waals surface area contributed by atoms with Crippen molar-refractivity contribution in [1.29, 1.82) is 0 Å². The fourth-order valence-corrected chi connectivity index (χ4v) is 2.24. The van der Waals surface area contributed by atoms with Crippen LogP contribution < -0.4 is 0 Å². The van der Waals surface area contributed by atoms with E-state index >= 15 is 0 Å². The van der Waals surface area contributed by atoms with E-state index in [0.717, 1.165) is 0 Å². The molecule has 0 radical (unpaired) electrons. The summed E-state index contributed by atoms with van der Waals surface area (Å²) >= 11 is 0. The standard InChI is InChI=1S/C14H16F3NO2.C10H16O4/c1-4-13(2,3)12(19)20-18-11(14(15,16)17)10-8-6-5-7-9-10;1-4-10(2,3)9(12)14-7-5-6-13-8(7)11/h5-9H,4H2,1-3H3;7H,4-6H2,1-3H3/b18-11+;. The summed E-state index contributed by atoms with van der Waals surface area (Å²) in [4.78, 5) is 38.7. The van der Waals surface area contributed by atoms with Gasteiger partial charge in [0.2, 0.25) is 6.10 Å². The van der Waals surface area contributed by atoms with Crippen LogP contribution in [0, 0.1) is 10.8 Å². The largest absolute Gasteiger partial charge is 0.463 e. The molecule has 1 aromatic rings. The zero-order valence-corrected chi connectivity index (χ0v) is 20.3. The van der Waals surface area contributed by atoms with E-state index in [4.69, 9.17) is 9.47 Å². The van der Waals surface area contributed by atoms with E-state index in [9.17, 15) is 27.6 Å². The number of hydrogen-bond acceptors (Lipinski definition) is 7. The molecule has 0 saturated carbocycles. The van der Waals surface area contributed by atoms with E-state index in [1.807, 2.05) is 6.92 Å². The van der Waals surface area contributed by atoms with Crippen LogP contribution in [0.4, 0.5) is 13.2 Å². The second-order valence-corrected chi connectivity index (χ2v) is 9.01. The van der Waals surface area contributed by atoms with Gasteiger partial charge in [0.1, 0.15) is 0 Å². The Morgan fingerprint density at radius 2 is 1.53 bits per heavy atom. The van der Waals surface area contributed by atoms with Gasteiger partial charge in [0.05, 0.1) is 17.4 Å². The Balaban J connectivity index is 0.000000362. The number of halogens is 3. The normalized spacial score (nSPS) is 16.8. The summed E-state index contributed by atoms with van der Waals surface area (Å²) in [6.07, 6.45) is -3.78. The third kappa shape index (κ3) is 8.46. The zero-order chi connectivity index (χ0) is 26.2. The Morgan fingerprint density at radius 1 is 1.00 bits per heavy atom. The summed E-state index contributed by atoms with van der Waals surface area (Å²) in [7, 11) is 0. The summed E-state index contributed by atoms with van der Waals surface area (Å²) in [6.45, 7) is 10.8. The molecule has 0 bridgehead atoms. The highest BCUT2D eigenvalue weighted by molar-refractivity contribution is 6.04. The van der Waals surface area contributed by atoms with E-state index < -0.39 is 40.8 Å². The molecule has 0 aliphatic carbocycles. The second-order valence-electron chi connectivity index (χ2n) is 9.01. The smallest absolute Gasteiger partial charge is 0.437 e. The van der Waals surface area contributed by atoms with Crippen LogP contribution in [0.2, 0.25) is 0 Å². The molecule has 1 saturated heterocycles. The maximum atomic E-state index is 12.9. The summed E-state index contributed by atoms with van der Waals surface area (Å²) in [5.74, 6) is -1.55. The molecule has 10 heteroatoms. The Labute approximate surface area is 197 Å². The molecule has 34 heavy (non-hydrogen) atoms. The van der Waals surface area contributed by atoms with Crippen LogP contribution in [0.5, 0.6) is 0 Å². The number of rotatable bonds is 7. The number of hydrogen-bond donors (Lipinski definition) is 0. The molecule has 0 amide bonds. The van der Waals surface area contributed by atoms with E-state index in [2.05, 4.69) is 9.99 Å². The van der Waals surface area contributed by atoms with Gasteiger partial charge in [-0.3, -0.25) is 4.79 Å². The molecular formula is C24H32F3NO6. The highest BCUT2D eigenvalue weighted by atomic mass is 19.4. The first kappa shape index (κ1) is 29.1. The lowest BCUT2D eigenvalue weighted by molar-refractivity contribution is -0.167. The Kier molecular flexibility index (Phi) is 10.3. The van der Waals surface area contributed by atoms with Gasteiger partial charge < -0.3 is 14.3 Å². The van der Waals surface area contributed by atoms with E-state index in [-0.39, 0.29) is 11.5 Å². The topological polar surface area (TPSA) is 91.3 Å². The number of cyclic esters (lactones) is 1. The highest BCUT2D eigenvalue weighted by Crippen LogP contribution is 2.26. The van der Waals surface area contributed by atoms with Crippen molar-refractivity contribution in [3.8, 4) is 0 Å². The van der Waals surface area contributed by atoms with Gasteiger partial charge in [0, 0.05) is 12.0 Å². The first-order valence-electron chi connectivity index (χ1n) is 11.0. The number of oxime groups is 1. The van der Waals surface area contributed by atoms with Gasteiger partial charge in [0.25, 0.3) is 0 Å². The Morgan fingerprint density at radius 3 is 1.97 bits per heavy atom. The predicted octanol–water partition coefficient (Wildman–Crippen LogP) is 5.21. The third-order valence-electron chi connectivity index (χ3n) is 5.55. The lowest BCUT2D eigenvalue weighted by Gasteiger charge is -2.21. The van der Waals surface area contributed by atoms with E-state index in [0.29, 0.717) is 25.9 Å². The summed E-state index contributed by atoms with van der Waals surface area (Å²) in [5.41, 5.74) is -2.78. The number of nitrogens with zero attached hydrogens (tertiary/aromatic N) is 1. The van der Waals surface area contributed by atoms with Crippen molar-refractivity contribution >= 4 is 23.6 Å². The van der Waals surface area contributed by atoms with Crippen LogP contribution in [-0.4, -0.2) is 42.5 Å². The molecule has 1 unspecified atom stereocenters. The van der Waals surface area contributed by atoms with Gasteiger partial charge in [-0.2, -0.15) is 13.2 Å². The molecule has 0 aromatic heterocycles. The minimum atomic E-state index is -4.70. The van der Waals surface area contributed by atoms with Gasteiger partial charge >= 0.3 is 24.1 Å². The van der Waals surface area contributed by atoms with Crippen molar-refractivity contribution in [2.24, 2.45) is 16.0 Å². The summed E-state index contributed by atoms with van der Waals surface area (Å²) in [6, 6.07) is 7.00. The molecule has 190 valence electrons. The van der Waals surface area contributed by atoms with Crippen molar-refractivity contribution in [2.75, 3.05) is 6.61 Å². The first-order valence-corrected chi connectivity index (χ1v) is 11.0. The molecule has 1 aromatic carbocycles. The molecule has 1 atom stereocenters. The molecular weight excluding hydrogens is 455 g/mol. The quantitative estimate of drug-likeness (QED) is 0.227. The monoisotopic (exact) mass is 487 g/mol. The average molecular weight is 488 g/mol. The van der Waals surface area contributed by atoms with Crippen molar-refractivity contribution in [1.82, 2.24) is 0 Å². The van der Waals surface area contributed by atoms with Crippen LogP contribution in [0.25, 0.3) is 0 Å². The lowest BCUT2D eigenvalue weighted by Crippen LogP contribution is -2.32. The maximum Gasteiger partial charge on any atom is 0.437 e. The fourth-order valence-electron chi connectivity index (χ4n) is 2.24.